The number of carbonyl (C=O) groups excluding carboxylic acids is 4. The third-order valence-electron chi connectivity index (χ3n) is 6.84. The predicted molar refractivity (Wildman–Crippen MR) is 167 cm³/mol. The van der Waals surface area contributed by atoms with Crippen molar-refractivity contribution in [3.8, 4) is 0 Å². The second kappa shape index (κ2) is 14.3. The summed E-state index contributed by atoms with van der Waals surface area (Å²) in [6.45, 7) is 14.4. The van der Waals surface area contributed by atoms with E-state index in [0.29, 0.717) is 11.1 Å². The van der Waals surface area contributed by atoms with Gasteiger partial charge in [-0.3, -0.25) is 0 Å². The molecule has 0 bridgehead atoms. The van der Waals surface area contributed by atoms with Gasteiger partial charge in [0.05, 0.1) is 22.3 Å². The Morgan fingerprint density at radius 3 is 1.05 bits per heavy atom. The molecule has 2 atom stereocenters. The standard InChI is InChI=1S/C36H42O8/c1-23-9-13-27(14-10-23)31(37)41-25(3)21-36(7,8)44-34(40)30-19-17-28(18-20-30)32(38)42-26(4)22-35(5,6)43-33(39)29-15-11-24(2)12-16-29/h9-20,25-26H,21-22H2,1-8H3. The molecule has 44 heavy (non-hydrogen) atoms. The fourth-order valence-electron chi connectivity index (χ4n) is 4.79. The first-order chi connectivity index (χ1) is 20.5. The number of ether oxygens (including phenoxy) is 4. The van der Waals surface area contributed by atoms with Crippen LogP contribution in [0.1, 0.15) is 107 Å². The van der Waals surface area contributed by atoms with E-state index in [0.717, 1.165) is 11.1 Å². The number of esters is 4. The molecule has 0 saturated heterocycles. The molecule has 3 aromatic rings. The van der Waals surface area contributed by atoms with E-state index in [2.05, 4.69) is 0 Å². The maximum atomic E-state index is 12.9. The van der Waals surface area contributed by atoms with Gasteiger partial charge in [-0.25, -0.2) is 19.2 Å². The lowest BCUT2D eigenvalue weighted by molar-refractivity contribution is -0.0303. The molecule has 0 spiro atoms. The van der Waals surface area contributed by atoms with Crippen LogP contribution in [-0.2, 0) is 18.9 Å². The van der Waals surface area contributed by atoms with Crippen LogP contribution in [0.15, 0.2) is 72.8 Å². The van der Waals surface area contributed by atoms with Crippen molar-refractivity contribution < 1.29 is 38.1 Å². The van der Waals surface area contributed by atoms with E-state index in [9.17, 15) is 19.2 Å². The van der Waals surface area contributed by atoms with Gasteiger partial charge in [-0.1, -0.05) is 35.4 Å². The van der Waals surface area contributed by atoms with Gasteiger partial charge in [0.1, 0.15) is 23.4 Å². The first kappa shape index (κ1) is 34.0. The largest absolute Gasteiger partial charge is 0.459 e. The molecule has 3 rings (SSSR count). The molecule has 0 aliphatic rings. The second-order valence-corrected chi connectivity index (χ2v) is 12.4. The zero-order valence-electron chi connectivity index (χ0n) is 26.8. The molecule has 0 aromatic heterocycles. The molecule has 0 N–H and O–H groups in total. The third-order valence-corrected chi connectivity index (χ3v) is 6.84. The smallest absolute Gasteiger partial charge is 0.338 e. The first-order valence-electron chi connectivity index (χ1n) is 14.7. The highest BCUT2D eigenvalue weighted by molar-refractivity contribution is 5.93. The van der Waals surface area contributed by atoms with Crippen LogP contribution < -0.4 is 0 Å². The van der Waals surface area contributed by atoms with Gasteiger partial charge in [-0.2, -0.15) is 0 Å². The van der Waals surface area contributed by atoms with Crippen molar-refractivity contribution in [1.82, 2.24) is 0 Å². The molecule has 8 heteroatoms. The summed E-state index contributed by atoms with van der Waals surface area (Å²) < 4.78 is 22.5. The average Bonchev–Trinajstić information content (AvgIpc) is 2.92. The van der Waals surface area contributed by atoms with Crippen molar-refractivity contribution in [1.29, 1.82) is 0 Å². The first-order valence-corrected chi connectivity index (χ1v) is 14.7. The minimum Gasteiger partial charge on any atom is -0.459 e. The van der Waals surface area contributed by atoms with E-state index in [-0.39, 0.29) is 24.0 Å². The zero-order chi connectivity index (χ0) is 32.7. The Balaban J connectivity index is 1.49. The highest BCUT2D eigenvalue weighted by Crippen LogP contribution is 2.24. The average molecular weight is 603 g/mol. The molecule has 0 amide bonds. The fourth-order valence-corrected chi connectivity index (χ4v) is 4.79. The molecule has 0 aliphatic heterocycles. The van der Waals surface area contributed by atoms with E-state index in [1.165, 1.54) is 24.3 Å². The SMILES string of the molecule is Cc1ccc(C(=O)OC(C)CC(C)(C)OC(=O)c2ccc(C(=O)OC(C)CC(C)(C)OC(=O)c3ccc(C)cc3)cc2)cc1. The van der Waals surface area contributed by atoms with Gasteiger partial charge >= 0.3 is 23.9 Å². The van der Waals surface area contributed by atoms with Gasteiger partial charge in [0.15, 0.2) is 0 Å². The van der Waals surface area contributed by atoms with Crippen LogP contribution in [-0.4, -0.2) is 47.3 Å². The quantitative estimate of drug-likeness (QED) is 0.156. The van der Waals surface area contributed by atoms with E-state index < -0.39 is 47.3 Å². The van der Waals surface area contributed by atoms with Crippen molar-refractivity contribution in [3.05, 3.63) is 106 Å². The van der Waals surface area contributed by atoms with Crippen LogP contribution in [0, 0.1) is 13.8 Å². The molecular formula is C36H42O8. The Hall–Kier alpha value is -4.46. The molecule has 234 valence electrons. The van der Waals surface area contributed by atoms with E-state index >= 15 is 0 Å². The Morgan fingerprint density at radius 2 is 0.750 bits per heavy atom. The van der Waals surface area contributed by atoms with E-state index in [1.807, 2.05) is 38.1 Å². The van der Waals surface area contributed by atoms with Crippen molar-refractivity contribution in [2.75, 3.05) is 0 Å². The predicted octanol–water partition coefficient (Wildman–Crippen LogP) is 7.45. The zero-order valence-corrected chi connectivity index (χ0v) is 26.8. The number of carbonyl (C=O) groups is 4. The summed E-state index contributed by atoms with van der Waals surface area (Å²) in [5.41, 5.74) is 1.71. The van der Waals surface area contributed by atoms with E-state index in [1.54, 1.807) is 65.8 Å². The molecule has 0 radical (unpaired) electrons. The van der Waals surface area contributed by atoms with Crippen molar-refractivity contribution in [2.45, 2.75) is 91.6 Å². The summed E-state index contributed by atoms with van der Waals surface area (Å²) >= 11 is 0. The summed E-state index contributed by atoms with van der Waals surface area (Å²) in [6.07, 6.45) is -0.470. The van der Waals surface area contributed by atoms with Crippen molar-refractivity contribution in [3.63, 3.8) is 0 Å². The Morgan fingerprint density at radius 1 is 0.500 bits per heavy atom. The lowest BCUT2D eigenvalue weighted by Crippen LogP contribution is -2.33. The number of benzene rings is 3. The summed E-state index contributed by atoms with van der Waals surface area (Å²) in [6, 6.07) is 20.2. The lowest BCUT2D eigenvalue weighted by atomic mass is 10.0. The minimum atomic E-state index is -0.924. The van der Waals surface area contributed by atoms with E-state index in [4.69, 9.17) is 18.9 Å². The van der Waals surface area contributed by atoms with Crippen molar-refractivity contribution >= 4 is 23.9 Å². The topological polar surface area (TPSA) is 105 Å². The molecule has 0 aliphatic carbocycles. The number of hydrogen-bond donors (Lipinski definition) is 0. The fraction of sp³-hybridized carbons (Fsp3) is 0.389. The van der Waals surface area contributed by atoms with Crippen molar-refractivity contribution in [2.24, 2.45) is 0 Å². The van der Waals surface area contributed by atoms with Gasteiger partial charge < -0.3 is 18.9 Å². The summed E-state index contributed by atoms with van der Waals surface area (Å²) in [5, 5.41) is 0. The Kier molecular flexibility index (Phi) is 11.1. The molecule has 3 aromatic carbocycles. The Bertz CT molecular complexity index is 1450. The molecule has 0 heterocycles. The van der Waals surface area contributed by atoms with Gasteiger partial charge in [-0.05, 0) is 104 Å². The maximum Gasteiger partial charge on any atom is 0.338 e. The normalized spacial score (nSPS) is 12.9. The van der Waals surface area contributed by atoms with Gasteiger partial charge in [0, 0.05) is 12.8 Å². The number of hydrogen-bond acceptors (Lipinski definition) is 8. The number of aryl methyl sites for hydroxylation is 2. The third kappa shape index (κ3) is 10.4. The van der Waals surface area contributed by atoms with Gasteiger partial charge in [0.2, 0.25) is 0 Å². The minimum absolute atomic E-state index is 0.260. The van der Waals surface area contributed by atoms with Crippen LogP contribution in [0.4, 0.5) is 0 Å². The summed E-state index contributed by atoms with van der Waals surface area (Å²) in [4.78, 5) is 50.6. The molecule has 8 nitrogen and oxygen atoms in total. The molecule has 0 fully saturated rings. The lowest BCUT2D eigenvalue weighted by Gasteiger charge is -2.28. The van der Waals surface area contributed by atoms with Crippen LogP contribution in [0.2, 0.25) is 0 Å². The van der Waals surface area contributed by atoms with Crippen LogP contribution >= 0.6 is 0 Å². The number of rotatable bonds is 12. The highest BCUT2D eigenvalue weighted by Gasteiger charge is 2.30. The second-order valence-electron chi connectivity index (χ2n) is 12.4. The molecule has 2 unspecified atom stereocenters. The van der Waals surface area contributed by atoms with Gasteiger partial charge in [0.25, 0.3) is 0 Å². The Labute approximate surface area is 259 Å². The maximum absolute atomic E-state index is 12.9. The monoisotopic (exact) mass is 602 g/mol. The summed E-state index contributed by atoms with van der Waals surface area (Å²) in [7, 11) is 0. The van der Waals surface area contributed by atoms with Crippen LogP contribution in [0.5, 0.6) is 0 Å². The molecular weight excluding hydrogens is 560 g/mol. The summed E-state index contributed by atoms with van der Waals surface area (Å²) in [5.74, 6) is -2.03. The van der Waals surface area contributed by atoms with Gasteiger partial charge in [-0.15, -0.1) is 0 Å². The highest BCUT2D eigenvalue weighted by atomic mass is 16.6. The van der Waals surface area contributed by atoms with Crippen LogP contribution in [0.25, 0.3) is 0 Å². The molecule has 0 saturated carbocycles. The van der Waals surface area contributed by atoms with Crippen LogP contribution in [0.3, 0.4) is 0 Å².